The Bertz CT molecular complexity index is 967. The molecule has 2 heterocycles. The number of amides is 2. The molecule has 0 aliphatic carbocycles. The largest absolute Gasteiger partial charge is 0.495 e. The highest BCUT2D eigenvalue weighted by Gasteiger charge is 2.23. The van der Waals surface area contributed by atoms with E-state index in [2.05, 4.69) is 10.3 Å². The fourth-order valence-corrected chi connectivity index (χ4v) is 4.43. The summed E-state index contributed by atoms with van der Waals surface area (Å²) in [6, 6.07) is 9.15. The number of thiazole rings is 1. The number of benzene rings is 1. The molecule has 28 heavy (non-hydrogen) atoms. The number of nitrogens with zero attached hydrogens (tertiary/aromatic N) is 2. The summed E-state index contributed by atoms with van der Waals surface area (Å²) in [5.74, 6) is 0.109. The van der Waals surface area contributed by atoms with Crippen molar-refractivity contribution in [1.29, 1.82) is 0 Å². The minimum Gasteiger partial charge on any atom is -0.495 e. The van der Waals surface area contributed by atoms with E-state index < -0.39 is 0 Å². The number of nitrogens with one attached hydrogen (secondary N) is 1. The summed E-state index contributed by atoms with van der Waals surface area (Å²) < 4.78 is 5.25. The molecule has 2 amide bonds. The lowest BCUT2D eigenvalue weighted by atomic mass is 10.3. The Balaban J connectivity index is 1.72. The first kappa shape index (κ1) is 20.0. The molecule has 0 aliphatic heterocycles. The van der Waals surface area contributed by atoms with Crippen LogP contribution in [0.15, 0.2) is 41.1 Å². The number of carbonyl (C=O) groups is 2. The van der Waals surface area contributed by atoms with E-state index in [1.807, 2.05) is 42.8 Å². The maximum atomic E-state index is 13.0. The molecule has 0 radical (unpaired) electrons. The third-order valence-electron chi connectivity index (χ3n) is 4.14. The van der Waals surface area contributed by atoms with Crippen molar-refractivity contribution in [3.05, 3.63) is 51.7 Å². The van der Waals surface area contributed by atoms with Crippen LogP contribution >= 0.6 is 22.7 Å². The first-order valence-electron chi connectivity index (χ1n) is 8.75. The van der Waals surface area contributed by atoms with Gasteiger partial charge in [0.15, 0.2) is 0 Å². The molecule has 0 unspecified atom stereocenters. The van der Waals surface area contributed by atoms with E-state index in [1.54, 1.807) is 30.6 Å². The van der Waals surface area contributed by atoms with Gasteiger partial charge in [0.25, 0.3) is 5.91 Å². The van der Waals surface area contributed by atoms with E-state index in [0.717, 1.165) is 10.6 Å². The number of anilines is 1. The van der Waals surface area contributed by atoms with Crippen LogP contribution < -0.4 is 10.1 Å². The molecule has 0 saturated heterocycles. The smallest absolute Gasteiger partial charge is 0.266 e. The Morgan fingerprint density at radius 3 is 2.71 bits per heavy atom. The zero-order valence-electron chi connectivity index (χ0n) is 15.9. The van der Waals surface area contributed by atoms with E-state index in [9.17, 15) is 9.59 Å². The van der Waals surface area contributed by atoms with E-state index >= 15 is 0 Å². The molecule has 0 bridgehead atoms. The first-order chi connectivity index (χ1) is 13.5. The average molecular weight is 416 g/mol. The number of carbonyl (C=O) groups excluding carboxylic acids is 2. The van der Waals surface area contributed by atoms with Gasteiger partial charge in [0.1, 0.15) is 22.2 Å². The molecular formula is C20H21N3O3S2. The Morgan fingerprint density at radius 2 is 2.04 bits per heavy atom. The van der Waals surface area contributed by atoms with E-state index in [-0.39, 0.29) is 18.4 Å². The normalized spacial score (nSPS) is 10.5. The molecule has 2 aromatic heterocycles. The van der Waals surface area contributed by atoms with E-state index in [1.165, 1.54) is 16.2 Å². The zero-order chi connectivity index (χ0) is 20.1. The molecule has 0 saturated carbocycles. The van der Waals surface area contributed by atoms with Crippen LogP contribution in [-0.2, 0) is 4.79 Å². The summed E-state index contributed by atoms with van der Waals surface area (Å²) in [6.45, 7) is 4.05. The summed E-state index contributed by atoms with van der Waals surface area (Å²) in [5.41, 5.74) is 2.26. The van der Waals surface area contributed by atoms with Crippen LogP contribution in [0.4, 0.5) is 5.69 Å². The van der Waals surface area contributed by atoms with Gasteiger partial charge in [0, 0.05) is 17.5 Å². The molecular weight excluding hydrogens is 394 g/mol. The maximum Gasteiger partial charge on any atom is 0.266 e. The standard InChI is InChI=1S/C20H21N3O3S2/c1-4-23(11-17(24)22-15-7-5-6-8-16(15)26-3)20(25)18-13(2)21-19(28-18)14-9-10-27-12-14/h5-10,12H,4,11H2,1-3H3,(H,22,24). The monoisotopic (exact) mass is 415 g/mol. The van der Waals surface area contributed by atoms with Crippen LogP contribution in [0.2, 0.25) is 0 Å². The summed E-state index contributed by atoms with van der Waals surface area (Å²) in [6.07, 6.45) is 0. The van der Waals surface area contributed by atoms with Crippen molar-refractivity contribution in [2.24, 2.45) is 0 Å². The van der Waals surface area contributed by atoms with Gasteiger partial charge in [-0.15, -0.1) is 11.3 Å². The van der Waals surface area contributed by atoms with Crippen LogP contribution in [0.3, 0.4) is 0 Å². The molecule has 1 N–H and O–H groups in total. The third kappa shape index (κ3) is 4.40. The molecule has 0 spiro atoms. The topological polar surface area (TPSA) is 71.5 Å². The van der Waals surface area contributed by atoms with Gasteiger partial charge in [-0.2, -0.15) is 11.3 Å². The molecule has 146 valence electrons. The van der Waals surface area contributed by atoms with Crippen LogP contribution in [0, 0.1) is 6.92 Å². The van der Waals surface area contributed by atoms with Crippen molar-refractivity contribution in [3.63, 3.8) is 0 Å². The minimum atomic E-state index is -0.278. The third-order valence-corrected chi connectivity index (χ3v) is 6.02. The van der Waals surface area contributed by atoms with Crippen LogP contribution in [0.1, 0.15) is 22.3 Å². The van der Waals surface area contributed by atoms with Crippen molar-refractivity contribution in [2.75, 3.05) is 25.5 Å². The second-order valence-corrected chi connectivity index (χ2v) is 7.79. The van der Waals surface area contributed by atoms with Gasteiger partial charge in [-0.3, -0.25) is 9.59 Å². The van der Waals surface area contributed by atoms with Crippen LogP contribution in [0.25, 0.3) is 10.6 Å². The van der Waals surface area contributed by atoms with Crippen molar-refractivity contribution < 1.29 is 14.3 Å². The molecule has 0 fully saturated rings. The summed E-state index contributed by atoms with van der Waals surface area (Å²) in [4.78, 5) is 32.1. The van der Waals surface area contributed by atoms with E-state index in [0.29, 0.717) is 28.6 Å². The summed E-state index contributed by atoms with van der Waals surface area (Å²) >= 11 is 2.95. The van der Waals surface area contributed by atoms with Crippen molar-refractivity contribution in [2.45, 2.75) is 13.8 Å². The predicted molar refractivity (Wildman–Crippen MR) is 113 cm³/mol. The van der Waals surface area contributed by atoms with Crippen LogP contribution in [0.5, 0.6) is 5.75 Å². The number of hydrogen-bond acceptors (Lipinski definition) is 6. The second kappa shape index (κ2) is 8.99. The molecule has 3 aromatic rings. The second-order valence-electron chi connectivity index (χ2n) is 6.01. The van der Waals surface area contributed by atoms with Gasteiger partial charge in [0.05, 0.1) is 18.5 Å². The van der Waals surface area contributed by atoms with Gasteiger partial charge < -0.3 is 15.0 Å². The number of hydrogen-bond donors (Lipinski definition) is 1. The molecule has 0 atom stereocenters. The number of rotatable bonds is 7. The van der Waals surface area contributed by atoms with Crippen molar-refractivity contribution in [3.8, 4) is 16.3 Å². The lowest BCUT2D eigenvalue weighted by molar-refractivity contribution is -0.116. The van der Waals surface area contributed by atoms with Crippen molar-refractivity contribution >= 4 is 40.2 Å². The number of methoxy groups -OCH3 is 1. The number of thiophene rings is 1. The highest BCUT2D eigenvalue weighted by molar-refractivity contribution is 7.17. The lowest BCUT2D eigenvalue weighted by Gasteiger charge is -2.20. The number of para-hydroxylation sites is 2. The van der Waals surface area contributed by atoms with Gasteiger partial charge in [-0.05, 0) is 37.4 Å². The Hall–Kier alpha value is -2.71. The van der Waals surface area contributed by atoms with E-state index in [4.69, 9.17) is 4.74 Å². The highest BCUT2D eigenvalue weighted by atomic mass is 32.1. The van der Waals surface area contributed by atoms with Gasteiger partial charge in [-0.25, -0.2) is 4.98 Å². The number of aromatic nitrogens is 1. The Labute approximate surface area is 171 Å². The highest BCUT2D eigenvalue weighted by Crippen LogP contribution is 2.30. The molecule has 0 aliphatic rings. The number of ether oxygens (including phenoxy) is 1. The maximum absolute atomic E-state index is 13.0. The quantitative estimate of drug-likeness (QED) is 0.625. The zero-order valence-corrected chi connectivity index (χ0v) is 17.5. The first-order valence-corrected chi connectivity index (χ1v) is 10.5. The predicted octanol–water partition coefficient (Wildman–Crippen LogP) is 4.29. The summed E-state index contributed by atoms with van der Waals surface area (Å²) in [7, 11) is 1.55. The minimum absolute atomic E-state index is 0.0431. The fourth-order valence-electron chi connectivity index (χ4n) is 2.69. The van der Waals surface area contributed by atoms with Crippen molar-refractivity contribution in [1.82, 2.24) is 9.88 Å². The van der Waals surface area contributed by atoms with Crippen LogP contribution in [-0.4, -0.2) is 41.9 Å². The lowest BCUT2D eigenvalue weighted by Crippen LogP contribution is -2.37. The number of aryl methyl sites for hydroxylation is 1. The van der Waals surface area contributed by atoms with Gasteiger partial charge in [0.2, 0.25) is 5.91 Å². The summed E-state index contributed by atoms with van der Waals surface area (Å²) in [5, 5.41) is 7.61. The average Bonchev–Trinajstić information content (AvgIpc) is 3.35. The number of likely N-dealkylation sites (N-methyl/N-ethyl adjacent to an activating group) is 1. The molecule has 8 heteroatoms. The van der Waals surface area contributed by atoms with Gasteiger partial charge in [-0.1, -0.05) is 12.1 Å². The molecule has 3 rings (SSSR count). The molecule has 6 nitrogen and oxygen atoms in total. The molecule has 1 aromatic carbocycles. The van der Waals surface area contributed by atoms with Gasteiger partial charge >= 0.3 is 0 Å². The SMILES string of the molecule is CCN(CC(=O)Nc1ccccc1OC)C(=O)c1sc(-c2ccsc2)nc1C. The fraction of sp³-hybridized carbons (Fsp3) is 0.250. The Kier molecular flexibility index (Phi) is 6.43. The Morgan fingerprint density at radius 1 is 1.25 bits per heavy atom.